The van der Waals surface area contributed by atoms with Crippen molar-refractivity contribution in [2.75, 3.05) is 13.2 Å². The van der Waals surface area contributed by atoms with Crippen molar-refractivity contribution < 1.29 is 30.0 Å². The molecule has 0 spiro atoms. The summed E-state index contributed by atoms with van der Waals surface area (Å²) < 4.78 is 6.85. The smallest absolute Gasteiger partial charge is 0.241 e. The minimum absolute atomic E-state index is 0.100. The van der Waals surface area contributed by atoms with E-state index in [4.69, 9.17) is 4.74 Å². The Balaban J connectivity index is 1.62. The first-order chi connectivity index (χ1) is 12.0. The number of ether oxygens (including phenoxy) is 1. The lowest BCUT2D eigenvalue weighted by molar-refractivity contribution is -0.149. The van der Waals surface area contributed by atoms with Gasteiger partial charge in [0, 0.05) is 13.0 Å². The number of hydrazine groups is 1. The Morgan fingerprint density at radius 1 is 1.28 bits per heavy atom. The van der Waals surface area contributed by atoms with Crippen LogP contribution in [-0.4, -0.2) is 83.7 Å². The predicted octanol–water partition coefficient (Wildman–Crippen LogP) is -2.00. The van der Waals surface area contributed by atoms with Crippen molar-refractivity contribution >= 4 is 18.1 Å². The number of aliphatic hydroxyl groups is 4. The molecule has 11 nitrogen and oxygen atoms in total. The molecule has 2 fully saturated rings. The van der Waals surface area contributed by atoms with Gasteiger partial charge in [-0.05, 0) is 6.42 Å². The number of imidazole rings is 1. The zero-order valence-electron chi connectivity index (χ0n) is 13.2. The molecule has 136 valence electrons. The van der Waals surface area contributed by atoms with E-state index in [2.05, 4.69) is 9.98 Å². The predicted molar refractivity (Wildman–Crippen MR) is 81.1 cm³/mol. The van der Waals surface area contributed by atoms with E-state index in [1.54, 1.807) is 0 Å². The molecule has 1 amide bonds. The second kappa shape index (κ2) is 6.04. The monoisotopic (exact) mass is 353 g/mol. The minimum Gasteiger partial charge on any atom is -0.394 e. The Morgan fingerprint density at radius 2 is 2.08 bits per heavy atom. The number of aliphatic imine (C=N–C) groups is 1. The van der Waals surface area contributed by atoms with Crippen LogP contribution in [0.2, 0.25) is 0 Å². The van der Waals surface area contributed by atoms with Crippen molar-refractivity contribution in [1.29, 1.82) is 0 Å². The van der Waals surface area contributed by atoms with Crippen LogP contribution in [0.1, 0.15) is 31.0 Å². The van der Waals surface area contributed by atoms with Gasteiger partial charge in [-0.15, -0.1) is 0 Å². The van der Waals surface area contributed by atoms with Crippen molar-refractivity contribution in [3.8, 4) is 0 Å². The molecule has 0 saturated carbocycles. The number of aliphatic hydroxyl groups excluding tert-OH is 4. The lowest BCUT2D eigenvalue weighted by Crippen LogP contribution is -2.46. The highest BCUT2D eigenvalue weighted by atomic mass is 16.6. The van der Waals surface area contributed by atoms with Gasteiger partial charge in [0.25, 0.3) is 0 Å². The summed E-state index contributed by atoms with van der Waals surface area (Å²) in [7, 11) is 0. The lowest BCUT2D eigenvalue weighted by atomic mass is 10.1. The fourth-order valence-electron chi connectivity index (χ4n) is 3.35. The van der Waals surface area contributed by atoms with Gasteiger partial charge in [-0.2, -0.15) is 0 Å². The summed E-state index contributed by atoms with van der Waals surface area (Å²) in [4.78, 5) is 20.2. The largest absolute Gasteiger partial charge is 0.394 e. The Kier molecular flexibility index (Phi) is 3.96. The third-order valence-corrected chi connectivity index (χ3v) is 4.71. The summed E-state index contributed by atoms with van der Waals surface area (Å²) in [5.41, 5.74) is 0.208. The number of carbonyl (C=O) groups is 1. The molecule has 1 aromatic heterocycles. The number of rotatable bonds is 3. The van der Waals surface area contributed by atoms with Crippen LogP contribution in [0.5, 0.6) is 0 Å². The van der Waals surface area contributed by atoms with Gasteiger partial charge in [0.1, 0.15) is 30.3 Å². The number of hydrogen-bond donors (Lipinski definition) is 4. The molecule has 3 unspecified atom stereocenters. The van der Waals surface area contributed by atoms with Gasteiger partial charge in [0.2, 0.25) is 5.91 Å². The van der Waals surface area contributed by atoms with E-state index in [0.717, 1.165) is 0 Å². The number of carbonyl (C=O) groups excluding carboxylic acids is 1. The highest BCUT2D eigenvalue weighted by molar-refractivity contribution is 5.80. The topological polar surface area (TPSA) is 144 Å². The fourth-order valence-corrected chi connectivity index (χ4v) is 3.35. The SMILES string of the molecule is O=C1CCCN1N1C=Nc2c(ncn2[C@@H]2O[C@H](CO)C(O)C2O)C1O. The molecule has 0 aliphatic carbocycles. The van der Waals surface area contributed by atoms with Gasteiger partial charge < -0.3 is 25.2 Å². The van der Waals surface area contributed by atoms with Crippen LogP contribution < -0.4 is 0 Å². The second-order valence-corrected chi connectivity index (χ2v) is 6.21. The molecule has 5 atom stereocenters. The first-order valence-electron chi connectivity index (χ1n) is 8.03. The van der Waals surface area contributed by atoms with Crippen LogP contribution in [-0.2, 0) is 9.53 Å². The van der Waals surface area contributed by atoms with Crippen LogP contribution in [0.4, 0.5) is 5.82 Å². The summed E-state index contributed by atoms with van der Waals surface area (Å²) in [5.74, 6) is 0.155. The Morgan fingerprint density at radius 3 is 2.72 bits per heavy atom. The molecule has 4 N–H and O–H groups in total. The van der Waals surface area contributed by atoms with Crippen molar-refractivity contribution in [3.05, 3.63) is 12.0 Å². The van der Waals surface area contributed by atoms with Gasteiger partial charge in [-0.25, -0.2) is 15.0 Å². The minimum atomic E-state index is -1.28. The third kappa shape index (κ3) is 2.43. The van der Waals surface area contributed by atoms with Gasteiger partial charge in [0.05, 0.1) is 12.9 Å². The third-order valence-electron chi connectivity index (χ3n) is 4.71. The van der Waals surface area contributed by atoms with Crippen molar-refractivity contribution in [2.24, 2.45) is 4.99 Å². The van der Waals surface area contributed by atoms with Crippen LogP contribution in [0.3, 0.4) is 0 Å². The Labute approximate surface area is 142 Å². The van der Waals surface area contributed by atoms with E-state index in [9.17, 15) is 25.2 Å². The number of nitrogens with zero attached hydrogens (tertiary/aromatic N) is 5. The maximum Gasteiger partial charge on any atom is 0.241 e. The van der Waals surface area contributed by atoms with E-state index < -0.39 is 37.4 Å². The molecule has 0 aromatic carbocycles. The molecule has 2 saturated heterocycles. The summed E-state index contributed by atoms with van der Waals surface area (Å²) in [6, 6.07) is 0. The summed E-state index contributed by atoms with van der Waals surface area (Å²) in [6.45, 7) is 0.0507. The molecular weight excluding hydrogens is 334 g/mol. The number of aromatic nitrogens is 2. The van der Waals surface area contributed by atoms with Crippen LogP contribution in [0.15, 0.2) is 11.3 Å². The van der Waals surface area contributed by atoms with E-state index in [1.807, 2.05) is 0 Å². The van der Waals surface area contributed by atoms with E-state index >= 15 is 0 Å². The van der Waals surface area contributed by atoms with Gasteiger partial charge in [-0.1, -0.05) is 0 Å². The average Bonchev–Trinajstić information content (AvgIpc) is 3.28. The lowest BCUT2D eigenvalue weighted by Gasteiger charge is -2.35. The summed E-state index contributed by atoms with van der Waals surface area (Å²) >= 11 is 0. The van der Waals surface area contributed by atoms with Gasteiger partial charge in [0.15, 0.2) is 18.3 Å². The summed E-state index contributed by atoms with van der Waals surface area (Å²) in [6.07, 6.45) is -1.85. The fraction of sp³-hybridized carbons (Fsp3) is 0.643. The molecule has 0 bridgehead atoms. The molecule has 3 aliphatic rings. The quantitative estimate of drug-likeness (QED) is 0.488. The maximum absolute atomic E-state index is 11.9. The number of fused-ring (bicyclic) bond motifs is 1. The molecule has 4 rings (SSSR count). The number of hydrogen-bond acceptors (Lipinski definition) is 9. The molecule has 1 aromatic rings. The Bertz CT molecular complexity index is 708. The molecule has 3 aliphatic heterocycles. The molecule has 4 heterocycles. The standard InChI is InChI=1S/C14H19N5O6/c20-4-7-10(22)11(23)14(25-7)17-5-15-9-12(17)16-6-19(13(9)24)18-3-1-2-8(18)21/h5-7,10-11,13-14,20,22-24H,1-4H2/t7-,10?,11?,13?,14-/m1/s1. The highest BCUT2D eigenvalue weighted by Crippen LogP contribution is 2.38. The zero-order chi connectivity index (χ0) is 17.7. The van der Waals surface area contributed by atoms with Crippen LogP contribution in [0.25, 0.3) is 0 Å². The van der Waals surface area contributed by atoms with Gasteiger partial charge >= 0.3 is 0 Å². The first kappa shape index (κ1) is 16.4. The highest BCUT2D eigenvalue weighted by Gasteiger charge is 2.45. The average molecular weight is 353 g/mol. The maximum atomic E-state index is 11.9. The molecule has 11 heteroatoms. The Hall–Kier alpha value is -2.05. The number of amides is 1. The second-order valence-electron chi connectivity index (χ2n) is 6.21. The van der Waals surface area contributed by atoms with Crippen LogP contribution >= 0.6 is 0 Å². The van der Waals surface area contributed by atoms with E-state index in [-0.39, 0.29) is 17.4 Å². The van der Waals surface area contributed by atoms with Crippen molar-refractivity contribution in [3.63, 3.8) is 0 Å². The first-order valence-corrected chi connectivity index (χ1v) is 8.03. The zero-order valence-corrected chi connectivity index (χ0v) is 13.2. The van der Waals surface area contributed by atoms with Gasteiger partial charge in [-0.3, -0.25) is 14.4 Å². The molecule has 25 heavy (non-hydrogen) atoms. The van der Waals surface area contributed by atoms with E-state index in [0.29, 0.717) is 19.4 Å². The van der Waals surface area contributed by atoms with Crippen LogP contribution in [0, 0.1) is 0 Å². The summed E-state index contributed by atoms with van der Waals surface area (Å²) in [5, 5.41) is 42.5. The van der Waals surface area contributed by atoms with Crippen molar-refractivity contribution in [1.82, 2.24) is 19.6 Å². The normalized spacial score (nSPS) is 34.9. The van der Waals surface area contributed by atoms with E-state index in [1.165, 1.54) is 27.3 Å². The molecular formula is C14H19N5O6. The van der Waals surface area contributed by atoms with Crippen molar-refractivity contribution in [2.45, 2.75) is 43.6 Å². The molecule has 0 radical (unpaired) electrons.